The van der Waals surface area contributed by atoms with Crippen molar-refractivity contribution in [3.05, 3.63) is 29.6 Å². The molecule has 1 aliphatic carbocycles. The van der Waals surface area contributed by atoms with E-state index in [0.29, 0.717) is 0 Å². The smallest absolute Gasteiger partial charge is 0.123 e. The third-order valence-electron chi connectivity index (χ3n) is 4.06. The van der Waals surface area contributed by atoms with Gasteiger partial charge in [-0.15, -0.1) is 0 Å². The summed E-state index contributed by atoms with van der Waals surface area (Å²) in [4.78, 5) is 2.27. The van der Waals surface area contributed by atoms with Crippen LogP contribution in [0.5, 0.6) is 0 Å². The monoisotopic (exact) mass is 250 g/mol. The summed E-state index contributed by atoms with van der Waals surface area (Å²) in [7, 11) is 4.02. The molecule has 0 heterocycles. The standard InChI is InChI=1S/C15H23FN2/c1-11(17-2)14-9-13(16)7-8-15(14)18(3)10-12-5-4-6-12/h7-9,11-12,17H,4-6,10H2,1-3H3. The van der Waals surface area contributed by atoms with Crippen LogP contribution in [0.2, 0.25) is 0 Å². The van der Waals surface area contributed by atoms with Crippen LogP contribution in [-0.2, 0) is 0 Å². The molecule has 2 rings (SSSR count). The maximum Gasteiger partial charge on any atom is 0.123 e. The molecule has 0 aliphatic heterocycles. The Labute approximate surface area is 109 Å². The van der Waals surface area contributed by atoms with E-state index in [1.54, 1.807) is 12.1 Å². The summed E-state index contributed by atoms with van der Waals surface area (Å²) in [6, 6.07) is 5.27. The topological polar surface area (TPSA) is 15.3 Å². The van der Waals surface area contributed by atoms with Gasteiger partial charge in [0.1, 0.15) is 5.82 Å². The van der Waals surface area contributed by atoms with Gasteiger partial charge in [0.25, 0.3) is 0 Å². The van der Waals surface area contributed by atoms with E-state index in [0.717, 1.165) is 23.7 Å². The van der Waals surface area contributed by atoms with Crippen molar-refractivity contribution in [3.8, 4) is 0 Å². The Morgan fingerprint density at radius 1 is 1.44 bits per heavy atom. The van der Waals surface area contributed by atoms with Crippen LogP contribution in [0.3, 0.4) is 0 Å². The minimum atomic E-state index is -0.159. The maximum absolute atomic E-state index is 13.4. The zero-order valence-electron chi connectivity index (χ0n) is 11.5. The SMILES string of the molecule is CNC(C)c1cc(F)ccc1N(C)CC1CCC1. The van der Waals surface area contributed by atoms with Crippen LogP contribution in [0.25, 0.3) is 0 Å². The highest BCUT2D eigenvalue weighted by atomic mass is 19.1. The molecule has 0 bridgehead atoms. The lowest BCUT2D eigenvalue weighted by atomic mass is 9.85. The third-order valence-corrected chi connectivity index (χ3v) is 4.06. The van der Waals surface area contributed by atoms with Crippen LogP contribution in [0.4, 0.5) is 10.1 Å². The van der Waals surface area contributed by atoms with Crippen LogP contribution in [0.1, 0.15) is 37.8 Å². The molecule has 1 unspecified atom stereocenters. The summed E-state index contributed by atoms with van der Waals surface area (Å²) < 4.78 is 13.4. The Morgan fingerprint density at radius 3 is 2.72 bits per heavy atom. The number of rotatable bonds is 5. The predicted octanol–water partition coefficient (Wildman–Crippen LogP) is 3.34. The largest absolute Gasteiger partial charge is 0.374 e. The summed E-state index contributed by atoms with van der Waals surface area (Å²) in [5.41, 5.74) is 2.18. The van der Waals surface area contributed by atoms with Crippen molar-refractivity contribution in [1.29, 1.82) is 0 Å². The fourth-order valence-corrected chi connectivity index (χ4v) is 2.54. The van der Waals surface area contributed by atoms with E-state index in [2.05, 4.69) is 24.2 Å². The Balaban J connectivity index is 2.18. The van der Waals surface area contributed by atoms with Gasteiger partial charge in [0, 0.05) is 25.3 Å². The van der Waals surface area contributed by atoms with Crippen molar-refractivity contribution in [2.24, 2.45) is 5.92 Å². The average molecular weight is 250 g/mol. The second-order valence-electron chi connectivity index (χ2n) is 5.39. The number of benzene rings is 1. The molecule has 18 heavy (non-hydrogen) atoms. The lowest BCUT2D eigenvalue weighted by Crippen LogP contribution is -2.30. The zero-order valence-corrected chi connectivity index (χ0v) is 11.5. The molecule has 0 radical (unpaired) electrons. The molecule has 0 spiro atoms. The van der Waals surface area contributed by atoms with Gasteiger partial charge >= 0.3 is 0 Å². The first-order valence-corrected chi connectivity index (χ1v) is 6.79. The van der Waals surface area contributed by atoms with Crippen molar-refractivity contribution >= 4 is 5.69 Å². The summed E-state index contributed by atoms with van der Waals surface area (Å²) >= 11 is 0. The lowest BCUT2D eigenvalue weighted by Gasteiger charge is -2.33. The highest BCUT2D eigenvalue weighted by molar-refractivity contribution is 5.54. The van der Waals surface area contributed by atoms with Crippen LogP contribution < -0.4 is 10.2 Å². The minimum Gasteiger partial charge on any atom is -0.374 e. The van der Waals surface area contributed by atoms with Crippen LogP contribution in [0.15, 0.2) is 18.2 Å². The first-order valence-electron chi connectivity index (χ1n) is 6.79. The second-order valence-corrected chi connectivity index (χ2v) is 5.39. The van der Waals surface area contributed by atoms with Gasteiger partial charge in [-0.2, -0.15) is 0 Å². The van der Waals surface area contributed by atoms with E-state index in [9.17, 15) is 4.39 Å². The van der Waals surface area contributed by atoms with Crippen molar-refractivity contribution < 1.29 is 4.39 Å². The molecule has 1 aliphatic rings. The molecule has 1 atom stereocenters. The van der Waals surface area contributed by atoms with E-state index in [4.69, 9.17) is 0 Å². The third kappa shape index (κ3) is 2.83. The Bertz CT molecular complexity index is 401. The Morgan fingerprint density at radius 2 is 2.17 bits per heavy atom. The number of nitrogens with zero attached hydrogens (tertiary/aromatic N) is 1. The number of halogens is 1. The number of hydrogen-bond donors (Lipinski definition) is 1. The van der Waals surface area contributed by atoms with E-state index >= 15 is 0 Å². The normalized spacial score (nSPS) is 17.3. The quantitative estimate of drug-likeness (QED) is 0.862. The van der Waals surface area contributed by atoms with Gasteiger partial charge < -0.3 is 10.2 Å². The van der Waals surface area contributed by atoms with E-state index in [1.807, 2.05) is 13.1 Å². The molecule has 1 aromatic rings. The highest BCUT2D eigenvalue weighted by Gasteiger charge is 2.21. The van der Waals surface area contributed by atoms with Gasteiger partial charge in [-0.1, -0.05) is 6.42 Å². The van der Waals surface area contributed by atoms with Gasteiger partial charge in [-0.05, 0) is 56.5 Å². The maximum atomic E-state index is 13.4. The summed E-state index contributed by atoms with van der Waals surface area (Å²) in [5, 5.41) is 3.19. The van der Waals surface area contributed by atoms with Crippen LogP contribution in [0, 0.1) is 11.7 Å². The Hall–Kier alpha value is -1.09. The minimum absolute atomic E-state index is 0.159. The number of anilines is 1. The fourth-order valence-electron chi connectivity index (χ4n) is 2.54. The lowest BCUT2D eigenvalue weighted by molar-refractivity contribution is 0.321. The molecular formula is C15H23FN2. The molecule has 1 N–H and O–H groups in total. The summed E-state index contributed by atoms with van der Waals surface area (Å²) in [6.45, 7) is 3.14. The second kappa shape index (κ2) is 5.70. The zero-order chi connectivity index (χ0) is 13.1. The van der Waals surface area contributed by atoms with Gasteiger partial charge in [0.2, 0.25) is 0 Å². The van der Waals surface area contributed by atoms with Crippen molar-refractivity contribution in [2.45, 2.75) is 32.2 Å². The fraction of sp³-hybridized carbons (Fsp3) is 0.600. The van der Waals surface area contributed by atoms with Crippen LogP contribution in [-0.4, -0.2) is 20.6 Å². The number of hydrogen-bond acceptors (Lipinski definition) is 2. The van der Waals surface area contributed by atoms with E-state index in [1.165, 1.54) is 19.3 Å². The van der Waals surface area contributed by atoms with Gasteiger partial charge in [-0.25, -0.2) is 4.39 Å². The predicted molar refractivity (Wildman–Crippen MR) is 74.5 cm³/mol. The first-order chi connectivity index (χ1) is 8.61. The first kappa shape index (κ1) is 13.3. The molecule has 3 heteroatoms. The van der Waals surface area contributed by atoms with E-state index < -0.39 is 0 Å². The van der Waals surface area contributed by atoms with Gasteiger partial charge in [0.05, 0.1) is 0 Å². The summed E-state index contributed by atoms with van der Waals surface area (Å²) in [5.74, 6) is 0.658. The average Bonchev–Trinajstić information content (AvgIpc) is 2.32. The molecular weight excluding hydrogens is 227 g/mol. The van der Waals surface area contributed by atoms with Crippen molar-refractivity contribution in [3.63, 3.8) is 0 Å². The van der Waals surface area contributed by atoms with Gasteiger partial charge in [0.15, 0.2) is 0 Å². The molecule has 2 nitrogen and oxygen atoms in total. The molecule has 0 aromatic heterocycles. The van der Waals surface area contributed by atoms with Crippen LogP contribution >= 0.6 is 0 Å². The molecule has 100 valence electrons. The summed E-state index contributed by atoms with van der Waals surface area (Å²) in [6.07, 6.45) is 4.03. The molecule has 0 saturated heterocycles. The molecule has 1 fully saturated rings. The molecule has 1 saturated carbocycles. The van der Waals surface area contributed by atoms with Gasteiger partial charge in [-0.3, -0.25) is 0 Å². The highest BCUT2D eigenvalue weighted by Crippen LogP contribution is 2.31. The molecule has 1 aromatic carbocycles. The van der Waals surface area contributed by atoms with Crippen molar-refractivity contribution in [2.75, 3.05) is 25.5 Å². The molecule has 0 amide bonds. The van der Waals surface area contributed by atoms with Crippen molar-refractivity contribution in [1.82, 2.24) is 5.32 Å². The van der Waals surface area contributed by atoms with E-state index in [-0.39, 0.29) is 11.9 Å². The Kier molecular flexibility index (Phi) is 4.23. The number of nitrogens with one attached hydrogen (secondary N) is 1.